The molecule has 0 saturated carbocycles. The molecule has 0 aliphatic heterocycles. The molecule has 4 aromatic carbocycles. The fourth-order valence-electron chi connectivity index (χ4n) is 3.11. The third-order valence-corrected chi connectivity index (χ3v) is 4.77. The van der Waals surface area contributed by atoms with Gasteiger partial charge in [-0.3, -0.25) is 0 Å². The molecule has 0 atom stereocenters. The van der Waals surface area contributed by atoms with Gasteiger partial charge in [0.1, 0.15) is 0 Å². The lowest BCUT2D eigenvalue weighted by Gasteiger charge is -2.02. The van der Waals surface area contributed by atoms with Gasteiger partial charge in [0.25, 0.3) is 0 Å². The van der Waals surface area contributed by atoms with E-state index in [9.17, 15) is 9.59 Å². The van der Waals surface area contributed by atoms with Crippen LogP contribution in [0.1, 0.15) is 11.1 Å². The van der Waals surface area contributed by atoms with Crippen molar-refractivity contribution >= 4 is 12.2 Å². The highest BCUT2D eigenvalue weighted by Crippen LogP contribution is 2.20. The Balaban J connectivity index is 0.000000227. The molecule has 0 amide bonds. The maximum Gasteiger partial charge on any atom is 0.235 e. The Morgan fingerprint density at radius 3 is 1.06 bits per heavy atom. The van der Waals surface area contributed by atoms with E-state index >= 15 is 0 Å². The van der Waals surface area contributed by atoms with Gasteiger partial charge in [-0.1, -0.05) is 109 Å². The molecule has 0 saturated heterocycles. The topological polar surface area (TPSA) is 90.4 Å². The van der Waals surface area contributed by atoms with E-state index in [1.807, 2.05) is 84.9 Å². The molecule has 2 N–H and O–H groups in total. The molecule has 0 radical (unpaired) electrons. The number of benzene rings is 4. The molecule has 33 heavy (non-hydrogen) atoms. The van der Waals surface area contributed by atoms with Crippen molar-refractivity contribution in [3.05, 3.63) is 120 Å². The fraction of sp³-hybridized carbons (Fsp3) is 0.0714. The minimum Gasteiger partial charge on any atom is -0.412 e. The second-order valence-corrected chi connectivity index (χ2v) is 6.94. The van der Waals surface area contributed by atoms with Crippen molar-refractivity contribution in [3.8, 4) is 22.3 Å². The molecule has 0 heterocycles. The van der Waals surface area contributed by atoms with Crippen molar-refractivity contribution in [1.29, 1.82) is 0 Å². The molecule has 164 valence electrons. The van der Waals surface area contributed by atoms with Gasteiger partial charge in [0, 0.05) is 0 Å². The van der Waals surface area contributed by atoms with E-state index in [0.717, 1.165) is 11.1 Å². The van der Waals surface area contributed by atoms with Gasteiger partial charge in [0.15, 0.2) is 0 Å². The molecule has 0 aromatic heterocycles. The smallest absolute Gasteiger partial charge is 0.235 e. The maximum atomic E-state index is 9.97. The first-order valence-corrected chi connectivity index (χ1v) is 10.2. The fourth-order valence-corrected chi connectivity index (χ4v) is 3.11. The van der Waals surface area contributed by atoms with E-state index in [-0.39, 0.29) is 5.48 Å². The zero-order valence-corrected chi connectivity index (χ0v) is 18.0. The van der Waals surface area contributed by atoms with Crippen LogP contribution in [0.25, 0.3) is 22.3 Å². The van der Waals surface area contributed by atoms with Crippen LogP contribution in [0, 0.1) is 0 Å². The van der Waals surface area contributed by atoms with Gasteiger partial charge in [-0.25, -0.2) is 19.6 Å². The summed E-state index contributed by atoms with van der Waals surface area (Å²) in [5, 5.41) is 0. The van der Waals surface area contributed by atoms with Crippen LogP contribution < -0.4 is 0 Å². The van der Waals surface area contributed by atoms with Crippen LogP contribution in [0.4, 0.5) is 0 Å². The summed E-state index contributed by atoms with van der Waals surface area (Å²) in [7, 11) is 0. The Hall–Kier alpha value is -4.40. The molecule has 0 bridgehead atoms. The zero-order chi connectivity index (χ0) is 22.4. The second-order valence-electron chi connectivity index (χ2n) is 6.94. The summed E-state index contributed by atoms with van der Waals surface area (Å²) in [5.41, 5.74) is 6.74. The number of rotatable bonds is 6. The number of aliphatic imine (C=N–C) groups is 2. The Kier molecular flexibility index (Phi) is 10.4. The van der Waals surface area contributed by atoms with Crippen LogP contribution in [0.3, 0.4) is 0 Å². The first-order valence-electron chi connectivity index (χ1n) is 10.2. The van der Waals surface area contributed by atoms with Crippen molar-refractivity contribution in [2.45, 2.75) is 13.1 Å². The summed E-state index contributed by atoms with van der Waals surface area (Å²) < 4.78 is 0. The summed E-state index contributed by atoms with van der Waals surface area (Å²) in [6.45, 7) is 0.803. The molecule has 0 spiro atoms. The molecule has 4 rings (SSSR count). The van der Waals surface area contributed by atoms with E-state index in [1.165, 1.54) is 34.4 Å². The first-order chi connectivity index (χ1) is 15.8. The largest absolute Gasteiger partial charge is 0.412 e. The normalized spacial score (nSPS) is 9.21. The van der Waals surface area contributed by atoms with Crippen LogP contribution >= 0.6 is 0 Å². The molecule has 0 unspecified atom stereocenters. The molecule has 0 fully saturated rings. The van der Waals surface area contributed by atoms with E-state index in [0.29, 0.717) is 13.1 Å². The summed E-state index contributed by atoms with van der Waals surface area (Å²) in [6, 6.07) is 36.4. The van der Waals surface area contributed by atoms with Crippen molar-refractivity contribution in [3.63, 3.8) is 0 Å². The molecule has 0 aliphatic rings. The van der Waals surface area contributed by atoms with Crippen LogP contribution in [0.15, 0.2) is 119 Å². The highest BCUT2D eigenvalue weighted by molar-refractivity contribution is 5.64. The first kappa shape index (κ1) is 24.9. The minimum absolute atomic E-state index is 0. The number of nitrogens with zero attached hydrogens (tertiary/aromatic N) is 2. The van der Waals surface area contributed by atoms with E-state index in [1.54, 1.807) is 0 Å². The van der Waals surface area contributed by atoms with E-state index in [2.05, 4.69) is 34.3 Å². The van der Waals surface area contributed by atoms with Crippen molar-refractivity contribution in [2.75, 3.05) is 0 Å². The molecule has 0 aliphatic carbocycles. The predicted molar refractivity (Wildman–Crippen MR) is 131 cm³/mol. The van der Waals surface area contributed by atoms with E-state index < -0.39 is 0 Å². The van der Waals surface area contributed by atoms with Gasteiger partial charge in [0.05, 0.1) is 13.1 Å². The van der Waals surface area contributed by atoms with Gasteiger partial charge < -0.3 is 5.48 Å². The standard InChI is InChI=1S/2C14H11NO.H2O/c2*16-11-15-10-12-6-8-14(9-7-12)13-4-2-1-3-5-13;/h2*1-9H,10H2;1H2. The van der Waals surface area contributed by atoms with Crippen molar-refractivity contribution in [2.24, 2.45) is 9.98 Å². The van der Waals surface area contributed by atoms with Crippen LogP contribution in [0.5, 0.6) is 0 Å². The SMILES string of the molecule is O.O=C=NCc1ccc(-c2ccccc2)cc1.O=C=NCc1ccc(-c2ccccc2)cc1. The molecular formula is C28H24N2O3. The monoisotopic (exact) mass is 436 g/mol. The molecule has 4 aromatic rings. The van der Waals surface area contributed by atoms with Gasteiger partial charge in [0.2, 0.25) is 12.2 Å². The second kappa shape index (κ2) is 13.8. The number of hydrogen-bond acceptors (Lipinski definition) is 4. The average molecular weight is 437 g/mol. The molecule has 5 nitrogen and oxygen atoms in total. The highest BCUT2D eigenvalue weighted by Gasteiger charge is 1.97. The van der Waals surface area contributed by atoms with Crippen LogP contribution in [-0.4, -0.2) is 17.6 Å². The average Bonchev–Trinajstić information content (AvgIpc) is 2.88. The summed E-state index contributed by atoms with van der Waals surface area (Å²) in [4.78, 5) is 27.0. The zero-order valence-electron chi connectivity index (χ0n) is 18.0. The Bertz CT molecular complexity index is 1090. The number of carbonyl (C=O) groups excluding carboxylic acids is 2. The van der Waals surface area contributed by atoms with Gasteiger partial charge in [-0.2, -0.15) is 0 Å². The van der Waals surface area contributed by atoms with Crippen molar-refractivity contribution < 1.29 is 15.1 Å². The Morgan fingerprint density at radius 1 is 0.455 bits per heavy atom. The van der Waals surface area contributed by atoms with E-state index in [4.69, 9.17) is 0 Å². The van der Waals surface area contributed by atoms with Crippen LogP contribution in [0.2, 0.25) is 0 Å². The lowest BCUT2D eigenvalue weighted by Crippen LogP contribution is -1.82. The lowest BCUT2D eigenvalue weighted by molar-refractivity contribution is 0.562. The molecule has 5 heteroatoms. The minimum atomic E-state index is 0. The number of hydrogen-bond donors (Lipinski definition) is 0. The third kappa shape index (κ3) is 7.98. The van der Waals surface area contributed by atoms with Gasteiger partial charge in [-0.05, 0) is 33.4 Å². The predicted octanol–water partition coefficient (Wildman–Crippen LogP) is 5.55. The third-order valence-electron chi connectivity index (χ3n) is 4.77. The summed E-state index contributed by atoms with van der Waals surface area (Å²) >= 11 is 0. The van der Waals surface area contributed by atoms with Crippen LogP contribution in [-0.2, 0) is 22.7 Å². The van der Waals surface area contributed by atoms with Gasteiger partial charge >= 0.3 is 0 Å². The quantitative estimate of drug-likeness (QED) is 0.293. The van der Waals surface area contributed by atoms with Gasteiger partial charge in [-0.15, -0.1) is 0 Å². The number of isocyanates is 2. The maximum absolute atomic E-state index is 9.97. The lowest BCUT2D eigenvalue weighted by atomic mass is 10.0. The summed E-state index contributed by atoms with van der Waals surface area (Å²) in [5.74, 6) is 0. The highest BCUT2D eigenvalue weighted by atomic mass is 16.1. The Labute approximate surface area is 193 Å². The summed E-state index contributed by atoms with van der Waals surface area (Å²) in [6.07, 6.45) is 3.07. The van der Waals surface area contributed by atoms with Crippen molar-refractivity contribution in [1.82, 2.24) is 0 Å². The molecular weight excluding hydrogens is 412 g/mol. The Morgan fingerprint density at radius 2 is 0.758 bits per heavy atom.